The van der Waals surface area contributed by atoms with Crippen molar-refractivity contribution in [2.45, 2.75) is 32.9 Å². The number of alkyl halides is 3. The minimum Gasteiger partial charge on any atom is -0.427 e. The van der Waals surface area contributed by atoms with Gasteiger partial charge in [0, 0.05) is 11.1 Å². The third-order valence-corrected chi connectivity index (χ3v) is 4.94. The maximum Gasteiger partial charge on any atom is 0.419 e. The fourth-order valence-electron chi connectivity index (χ4n) is 2.92. The van der Waals surface area contributed by atoms with Crippen LogP contribution in [0.4, 0.5) is 19.0 Å². The molecule has 2 aromatic rings. The second-order valence-corrected chi connectivity index (χ2v) is 7.34. The smallest absolute Gasteiger partial charge is 0.419 e. The number of nitrogens with zero attached hydrogens (tertiary/aromatic N) is 2. The van der Waals surface area contributed by atoms with Crippen molar-refractivity contribution < 1.29 is 32.3 Å². The molecule has 0 fully saturated rings. The van der Waals surface area contributed by atoms with Crippen LogP contribution in [0.3, 0.4) is 0 Å². The molecule has 11 heteroatoms. The number of hydrogen-bond acceptors (Lipinski definition) is 6. The molecular formula is C21H17ClF3N3O4. The highest BCUT2D eigenvalue weighted by molar-refractivity contribution is 6.30. The van der Waals surface area contributed by atoms with Gasteiger partial charge < -0.3 is 4.74 Å². The molecule has 7 nitrogen and oxygen atoms in total. The summed E-state index contributed by atoms with van der Waals surface area (Å²) in [6.45, 7) is 3.30. The first-order valence-corrected chi connectivity index (χ1v) is 9.71. The number of amides is 2. The lowest BCUT2D eigenvalue weighted by molar-refractivity contribution is -0.138. The molecule has 0 saturated heterocycles. The standard InChI is InChI=1S/C21H17ClF3N3O4/c1-11-3-5-13(6-4-11)32-17(29)10-7-14-12(2)19(30)28(20(14)31)27-16-9-8-15(18(22)26-16)21(23,24)25/h3-6,8-9H,7,10H2,1-2H3,(H,26,27). The van der Waals surface area contributed by atoms with Crippen LogP contribution in [0.15, 0.2) is 47.5 Å². The molecule has 1 N–H and O–H groups in total. The fourth-order valence-corrected chi connectivity index (χ4v) is 3.18. The number of hydrogen-bond donors (Lipinski definition) is 1. The number of nitrogens with one attached hydrogen (secondary N) is 1. The molecule has 1 aliphatic heterocycles. The monoisotopic (exact) mass is 467 g/mol. The summed E-state index contributed by atoms with van der Waals surface area (Å²) in [5.41, 5.74) is 2.40. The van der Waals surface area contributed by atoms with Gasteiger partial charge in [-0.25, -0.2) is 4.98 Å². The van der Waals surface area contributed by atoms with Crippen molar-refractivity contribution in [3.8, 4) is 5.75 Å². The maximum atomic E-state index is 12.8. The normalized spacial score (nSPS) is 14.2. The molecular weight excluding hydrogens is 451 g/mol. The van der Waals surface area contributed by atoms with Gasteiger partial charge in [-0.05, 0) is 44.5 Å². The van der Waals surface area contributed by atoms with Gasteiger partial charge in [0.25, 0.3) is 11.8 Å². The van der Waals surface area contributed by atoms with E-state index in [0.29, 0.717) is 16.8 Å². The number of aromatic nitrogens is 1. The zero-order chi connectivity index (χ0) is 23.6. The van der Waals surface area contributed by atoms with E-state index in [4.69, 9.17) is 16.3 Å². The molecule has 0 unspecified atom stereocenters. The van der Waals surface area contributed by atoms with Gasteiger partial charge in [-0.15, -0.1) is 0 Å². The van der Waals surface area contributed by atoms with Crippen LogP contribution in [0.1, 0.15) is 30.9 Å². The Balaban J connectivity index is 1.64. The zero-order valence-electron chi connectivity index (χ0n) is 16.9. The van der Waals surface area contributed by atoms with Crippen LogP contribution in [0.5, 0.6) is 5.75 Å². The zero-order valence-corrected chi connectivity index (χ0v) is 17.7. The number of aryl methyl sites for hydroxylation is 1. The molecule has 168 valence electrons. The van der Waals surface area contributed by atoms with Crippen molar-refractivity contribution in [2.24, 2.45) is 0 Å². The van der Waals surface area contributed by atoms with Gasteiger partial charge in [-0.2, -0.15) is 18.2 Å². The third kappa shape index (κ3) is 5.08. The quantitative estimate of drug-likeness (QED) is 0.292. The summed E-state index contributed by atoms with van der Waals surface area (Å²) in [5.74, 6) is -1.91. The van der Waals surface area contributed by atoms with Crippen molar-refractivity contribution in [3.05, 3.63) is 63.8 Å². The lowest BCUT2D eigenvalue weighted by Crippen LogP contribution is -2.37. The number of hydrazine groups is 1. The Morgan fingerprint density at radius 3 is 2.34 bits per heavy atom. The maximum absolute atomic E-state index is 12.8. The summed E-state index contributed by atoms with van der Waals surface area (Å²) in [5, 5.41) is -0.215. The molecule has 1 aromatic carbocycles. The van der Waals surface area contributed by atoms with Crippen molar-refractivity contribution in [1.29, 1.82) is 0 Å². The summed E-state index contributed by atoms with van der Waals surface area (Å²) in [6.07, 6.45) is -4.90. The molecule has 0 radical (unpaired) electrons. The van der Waals surface area contributed by atoms with Crippen molar-refractivity contribution >= 4 is 35.2 Å². The Bertz CT molecular complexity index is 1110. The summed E-state index contributed by atoms with van der Waals surface area (Å²) >= 11 is 5.57. The SMILES string of the molecule is CC1=C(CCC(=O)Oc2ccc(C)cc2)C(=O)N(Nc2ccc(C(F)(F)F)c(Cl)n2)C1=O. The van der Waals surface area contributed by atoms with E-state index in [0.717, 1.165) is 11.6 Å². The minimum absolute atomic E-state index is 0.0551. The second-order valence-electron chi connectivity index (χ2n) is 6.98. The Hall–Kier alpha value is -3.40. The average Bonchev–Trinajstić information content (AvgIpc) is 2.90. The molecule has 32 heavy (non-hydrogen) atoms. The van der Waals surface area contributed by atoms with Gasteiger partial charge in [0.2, 0.25) is 0 Å². The number of ether oxygens (including phenoxy) is 1. The van der Waals surface area contributed by atoms with Crippen LogP contribution >= 0.6 is 11.6 Å². The van der Waals surface area contributed by atoms with Crippen LogP contribution in [0, 0.1) is 6.92 Å². The highest BCUT2D eigenvalue weighted by Crippen LogP contribution is 2.34. The molecule has 0 bridgehead atoms. The van der Waals surface area contributed by atoms with Crippen LogP contribution in [0.25, 0.3) is 0 Å². The summed E-state index contributed by atoms with van der Waals surface area (Å²) in [7, 11) is 0. The molecule has 0 atom stereocenters. The Labute approximate surface area is 185 Å². The first kappa shape index (κ1) is 23.3. The predicted molar refractivity (Wildman–Crippen MR) is 108 cm³/mol. The first-order valence-electron chi connectivity index (χ1n) is 9.33. The predicted octanol–water partition coefficient (Wildman–Crippen LogP) is 4.46. The topological polar surface area (TPSA) is 88.6 Å². The highest BCUT2D eigenvalue weighted by Gasteiger charge is 2.37. The minimum atomic E-state index is -4.69. The van der Waals surface area contributed by atoms with Crippen molar-refractivity contribution in [3.63, 3.8) is 0 Å². The molecule has 0 spiro atoms. The molecule has 1 aliphatic rings. The van der Waals surface area contributed by atoms with Gasteiger partial charge in [0.15, 0.2) is 0 Å². The van der Waals surface area contributed by atoms with E-state index < -0.39 is 34.7 Å². The summed E-state index contributed by atoms with van der Waals surface area (Å²) in [6, 6.07) is 8.46. The van der Waals surface area contributed by atoms with Crippen molar-refractivity contribution in [1.82, 2.24) is 9.99 Å². The Morgan fingerprint density at radius 2 is 1.75 bits per heavy atom. The number of esters is 1. The number of pyridine rings is 1. The summed E-state index contributed by atoms with van der Waals surface area (Å²) in [4.78, 5) is 40.7. The van der Waals surface area contributed by atoms with Crippen LogP contribution in [-0.4, -0.2) is 27.8 Å². The largest absolute Gasteiger partial charge is 0.427 e. The summed E-state index contributed by atoms with van der Waals surface area (Å²) < 4.78 is 43.6. The molecule has 2 heterocycles. The number of imide groups is 1. The number of halogens is 4. The van der Waals surface area contributed by atoms with Gasteiger partial charge in [0.05, 0.1) is 12.0 Å². The number of rotatable bonds is 6. The van der Waals surface area contributed by atoms with Gasteiger partial charge >= 0.3 is 12.1 Å². The average molecular weight is 468 g/mol. The molecule has 1 aromatic heterocycles. The third-order valence-electron chi connectivity index (χ3n) is 4.65. The number of anilines is 1. The molecule has 2 amide bonds. The lowest BCUT2D eigenvalue weighted by atomic mass is 10.1. The number of carbonyl (C=O) groups is 3. The Kier molecular flexibility index (Phi) is 6.54. The van der Waals surface area contributed by atoms with Crippen LogP contribution in [0.2, 0.25) is 5.15 Å². The van der Waals surface area contributed by atoms with E-state index in [2.05, 4.69) is 10.4 Å². The molecule has 3 rings (SSSR count). The van der Waals surface area contributed by atoms with E-state index in [1.807, 2.05) is 6.92 Å². The van der Waals surface area contributed by atoms with Gasteiger partial charge in [-0.1, -0.05) is 29.3 Å². The fraction of sp³-hybridized carbons (Fsp3) is 0.238. The van der Waals surface area contributed by atoms with Crippen LogP contribution < -0.4 is 10.2 Å². The lowest BCUT2D eigenvalue weighted by Gasteiger charge is -2.17. The Morgan fingerprint density at radius 1 is 1.09 bits per heavy atom. The van der Waals surface area contributed by atoms with E-state index >= 15 is 0 Å². The molecule has 0 aliphatic carbocycles. The van der Waals surface area contributed by atoms with E-state index in [1.54, 1.807) is 24.3 Å². The van der Waals surface area contributed by atoms with Gasteiger partial charge in [0.1, 0.15) is 16.7 Å². The van der Waals surface area contributed by atoms with E-state index in [1.165, 1.54) is 6.92 Å². The highest BCUT2D eigenvalue weighted by atomic mass is 35.5. The van der Waals surface area contributed by atoms with E-state index in [-0.39, 0.29) is 29.8 Å². The number of benzene rings is 1. The number of carbonyl (C=O) groups excluding carboxylic acids is 3. The van der Waals surface area contributed by atoms with Gasteiger partial charge in [-0.3, -0.25) is 19.8 Å². The first-order chi connectivity index (χ1) is 15.0. The second kappa shape index (κ2) is 8.99. The van der Waals surface area contributed by atoms with Crippen molar-refractivity contribution in [2.75, 3.05) is 5.43 Å². The van der Waals surface area contributed by atoms with Crippen LogP contribution in [-0.2, 0) is 20.6 Å². The molecule has 0 saturated carbocycles. The van der Waals surface area contributed by atoms with E-state index in [9.17, 15) is 27.6 Å².